The van der Waals surface area contributed by atoms with Crippen LogP contribution in [0.25, 0.3) is 22.1 Å². The summed E-state index contributed by atoms with van der Waals surface area (Å²) in [4.78, 5) is 29.0. The Morgan fingerprint density at radius 1 is 1.33 bits per heavy atom. The van der Waals surface area contributed by atoms with Crippen LogP contribution in [0.15, 0.2) is 29.8 Å². The van der Waals surface area contributed by atoms with E-state index >= 15 is 0 Å². The van der Waals surface area contributed by atoms with Gasteiger partial charge in [-0.05, 0) is 18.2 Å². The number of carbonyl (C=O) groups is 1. The van der Waals surface area contributed by atoms with Gasteiger partial charge in [-0.3, -0.25) is 4.90 Å². The fourth-order valence-corrected chi connectivity index (χ4v) is 5.10. The first kappa shape index (κ1) is 22.3. The number of halogens is 2. The lowest BCUT2D eigenvalue weighted by Gasteiger charge is -2.46. The number of aromatic nitrogens is 3. The first-order valence-corrected chi connectivity index (χ1v) is 11.7. The lowest BCUT2D eigenvalue weighted by Crippen LogP contribution is -2.63. The summed E-state index contributed by atoms with van der Waals surface area (Å²) < 4.78 is 24.6. The van der Waals surface area contributed by atoms with Crippen LogP contribution in [0.1, 0.15) is 16.1 Å². The van der Waals surface area contributed by atoms with Crippen molar-refractivity contribution in [2.45, 2.75) is 18.6 Å². The summed E-state index contributed by atoms with van der Waals surface area (Å²) in [6, 6.07) is 4.29. The predicted octanol–water partition coefficient (Wildman–Crippen LogP) is 3.02. The van der Waals surface area contributed by atoms with Gasteiger partial charge in [-0.25, -0.2) is 24.1 Å². The molecule has 2 aromatic heterocycles. The van der Waals surface area contributed by atoms with Gasteiger partial charge in [-0.15, -0.1) is 11.3 Å². The van der Waals surface area contributed by atoms with Gasteiger partial charge < -0.3 is 14.8 Å². The van der Waals surface area contributed by atoms with Crippen LogP contribution in [-0.2, 0) is 16.0 Å². The fourth-order valence-electron chi connectivity index (χ4n) is 4.27. The molecule has 0 saturated carbocycles. The molecule has 0 spiro atoms. The number of fused-ring (bicyclic) bond motifs is 2. The Balaban J connectivity index is 1.69. The highest BCUT2D eigenvalue weighted by Gasteiger charge is 2.36. The molecular formula is C22H21ClFN5O3S. The van der Waals surface area contributed by atoms with Crippen molar-refractivity contribution in [2.75, 3.05) is 33.4 Å². The largest absolute Gasteiger partial charge is 0.465 e. The van der Waals surface area contributed by atoms with Crippen LogP contribution in [0, 0.1) is 5.82 Å². The van der Waals surface area contributed by atoms with E-state index in [4.69, 9.17) is 26.1 Å². The van der Waals surface area contributed by atoms with E-state index in [0.29, 0.717) is 47.5 Å². The molecule has 2 saturated heterocycles. The second-order valence-corrected chi connectivity index (χ2v) is 9.15. The molecule has 0 aliphatic carbocycles. The number of nitrogens with zero attached hydrogens (tertiary/aromatic N) is 4. The Labute approximate surface area is 198 Å². The summed E-state index contributed by atoms with van der Waals surface area (Å²) in [6.45, 7) is 3.16. The molecule has 0 radical (unpaired) electrons. The van der Waals surface area contributed by atoms with Gasteiger partial charge in [-0.1, -0.05) is 11.6 Å². The average Bonchev–Trinajstić information content (AvgIpc) is 3.33. The zero-order valence-corrected chi connectivity index (χ0v) is 19.3. The van der Waals surface area contributed by atoms with Crippen LogP contribution >= 0.6 is 22.9 Å². The van der Waals surface area contributed by atoms with Crippen LogP contribution < -0.4 is 5.32 Å². The highest BCUT2D eigenvalue weighted by atomic mass is 35.5. The number of hydrogen-bond acceptors (Lipinski definition) is 9. The average molecular weight is 490 g/mol. The van der Waals surface area contributed by atoms with Crippen LogP contribution in [0.2, 0.25) is 5.02 Å². The molecule has 3 aromatic rings. The van der Waals surface area contributed by atoms with Crippen molar-refractivity contribution in [3.8, 4) is 22.1 Å². The molecule has 2 aliphatic rings. The molecule has 0 amide bonds. The number of esters is 1. The molecule has 1 unspecified atom stereocenters. The molecule has 33 heavy (non-hydrogen) atoms. The number of methoxy groups -OCH3 is 1. The third-order valence-electron chi connectivity index (χ3n) is 5.83. The standard InChI is InChI=1S/C22H21ClFN5O3S/c1-31-22(30)18-17(9-29-13-7-25-8-14(29)11-32-10-13)27-20(21-26-4-5-33-21)28-19(18)15-3-2-12(24)6-16(15)23/h2-6,13-14,25H,7-11H2,1H3/t13-,14?/m1/s1. The SMILES string of the molecule is COC(=O)c1c(CN2C3CNC[C@@H]2COC3)nc(-c2nccs2)nc1-c1ccc(F)cc1Cl. The number of benzene rings is 1. The van der Waals surface area contributed by atoms with Gasteiger partial charge in [0.25, 0.3) is 0 Å². The smallest absolute Gasteiger partial charge is 0.342 e. The Kier molecular flexibility index (Phi) is 6.35. The van der Waals surface area contributed by atoms with E-state index < -0.39 is 11.8 Å². The quantitative estimate of drug-likeness (QED) is 0.547. The lowest BCUT2D eigenvalue weighted by molar-refractivity contribution is -0.0694. The van der Waals surface area contributed by atoms with Crippen molar-refractivity contribution in [3.63, 3.8) is 0 Å². The first-order chi connectivity index (χ1) is 16.0. The van der Waals surface area contributed by atoms with Crippen molar-refractivity contribution in [1.29, 1.82) is 0 Å². The normalized spacial score (nSPS) is 20.6. The Morgan fingerprint density at radius 3 is 2.79 bits per heavy atom. The van der Waals surface area contributed by atoms with Crippen LogP contribution in [-0.4, -0.2) is 71.3 Å². The van der Waals surface area contributed by atoms with E-state index in [-0.39, 0.29) is 22.7 Å². The van der Waals surface area contributed by atoms with E-state index in [1.165, 1.54) is 36.6 Å². The predicted molar refractivity (Wildman–Crippen MR) is 122 cm³/mol. The minimum Gasteiger partial charge on any atom is -0.465 e. The van der Waals surface area contributed by atoms with Crippen molar-refractivity contribution in [1.82, 2.24) is 25.2 Å². The Bertz CT molecular complexity index is 1160. The number of thiazole rings is 1. The van der Waals surface area contributed by atoms with Gasteiger partial charge >= 0.3 is 5.97 Å². The second kappa shape index (κ2) is 9.40. The summed E-state index contributed by atoms with van der Waals surface area (Å²) in [5, 5.41) is 6.00. The van der Waals surface area contributed by atoms with E-state index in [2.05, 4.69) is 20.2 Å². The van der Waals surface area contributed by atoms with E-state index in [1.807, 2.05) is 5.38 Å². The van der Waals surface area contributed by atoms with Crippen molar-refractivity contribution < 1.29 is 18.7 Å². The molecular weight excluding hydrogens is 469 g/mol. The number of morpholine rings is 1. The fraction of sp³-hybridized carbons (Fsp3) is 0.364. The number of carbonyl (C=O) groups excluding carboxylic acids is 1. The molecule has 5 rings (SSSR count). The highest BCUT2D eigenvalue weighted by molar-refractivity contribution is 7.13. The van der Waals surface area contributed by atoms with Gasteiger partial charge in [-0.2, -0.15) is 0 Å². The first-order valence-electron chi connectivity index (χ1n) is 10.4. The molecule has 172 valence electrons. The maximum absolute atomic E-state index is 13.8. The van der Waals surface area contributed by atoms with Gasteiger partial charge in [0.15, 0.2) is 10.8 Å². The van der Waals surface area contributed by atoms with Gasteiger partial charge in [0.05, 0.1) is 36.7 Å². The third-order valence-corrected chi connectivity index (χ3v) is 6.92. The van der Waals surface area contributed by atoms with Crippen molar-refractivity contribution >= 4 is 28.9 Å². The van der Waals surface area contributed by atoms with E-state index in [9.17, 15) is 9.18 Å². The van der Waals surface area contributed by atoms with Crippen LogP contribution in [0.5, 0.6) is 0 Å². The topological polar surface area (TPSA) is 89.5 Å². The molecule has 2 atom stereocenters. The van der Waals surface area contributed by atoms with Gasteiger partial charge in [0.1, 0.15) is 11.4 Å². The Hall–Kier alpha value is -2.50. The maximum Gasteiger partial charge on any atom is 0.342 e. The Morgan fingerprint density at radius 2 is 2.12 bits per heavy atom. The summed E-state index contributed by atoms with van der Waals surface area (Å²) >= 11 is 7.77. The molecule has 11 heteroatoms. The molecule has 1 N–H and O–H groups in total. The molecule has 2 bridgehead atoms. The van der Waals surface area contributed by atoms with Crippen LogP contribution in [0.3, 0.4) is 0 Å². The molecule has 2 aliphatic heterocycles. The third kappa shape index (κ3) is 4.36. The minimum absolute atomic E-state index is 0.141. The zero-order chi connectivity index (χ0) is 22.9. The second-order valence-electron chi connectivity index (χ2n) is 7.85. The van der Waals surface area contributed by atoms with E-state index in [0.717, 1.165) is 13.1 Å². The number of hydrogen-bond donors (Lipinski definition) is 1. The monoisotopic (exact) mass is 489 g/mol. The number of rotatable bonds is 5. The molecule has 2 fully saturated rings. The number of nitrogens with one attached hydrogen (secondary N) is 1. The van der Waals surface area contributed by atoms with Crippen LogP contribution in [0.4, 0.5) is 4.39 Å². The lowest BCUT2D eigenvalue weighted by atomic mass is 10.0. The highest BCUT2D eigenvalue weighted by Crippen LogP contribution is 2.34. The zero-order valence-electron chi connectivity index (χ0n) is 17.8. The van der Waals surface area contributed by atoms with Crippen molar-refractivity contribution in [3.05, 3.63) is 51.9 Å². The molecule has 8 nitrogen and oxygen atoms in total. The number of ether oxygens (including phenoxy) is 2. The van der Waals surface area contributed by atoms with Crippen molar-refractivity contribution in [2.24, 2.45) is 0 Å². The van der Waals surface area contributed by atoms with E-state index in [1.54, 1.807) is 6.20 Å². The number of piperazine rings is 1. The molecule has 4 heterocycles. The maximum atomic E-state index is 13.8. The minimum atomic E-state index is -0.581. The summed E-state index contributed by atoms with van der Waals surface area (Å²) in [7, 11) is 1.31. The summed E-state index contributed by atoms with van der Waals surface area (Å²) in [5.41, 5.74) is 1.43. The van der Waals surface area contributed by atoms with Gasteiger partial charge in [0.2, 0.25) is 0 Å². The summed E-state index contributed by atoms with van der Waals surface area (Å²) in [5.74, 6) is -0.686. The van der Waals surface area contributed by atoms with Gasteiger partial charge in [0, 0.05) is 48.9 Å². The molecule has 1 aromatic carbocycles. The summed E-state index contributed by atoms with van der Waals surface area (Å²) in [6.07, 6.45) is 1.67.